The zero-order valence-corrected chi connectivity index (χ0v) is 16.2. The Labute approximate surface area is 159 Å². The van der Waals surface area contributed by atoms with E-state index in [1.165, 1.54) is 0 Å². The molecule has 5 heteroatoms. The van der Waals surface area contributed by atoms with Gasteiger partial charge in [-0.3, -0.25) is 0 Å². The molecular weight excluding hydrogens is 366 g/mol. The Morgan fingerprint density at radius 3 is 1.65 bits per heavy atom. The Hall–Kier alpha value is -2.14. The second kappa shape index (κ2) is 7.62. The second-order valence-corrected chi connectivity index (χ2v) is 8.48. The quantitative estimate of drug-likeness (QED) is 0.669. The van der Waals surface area contributed by atoms with Crippen molar-refractivity contribution >= 4 is 21.6 Å². The van der Waals surface area contributed by atoms with Crippen LogP contribution < -0.4 is 4.72 Å². The summed E-state index contributed by atoms with van der Waals surface area (Å²) in [6, 6.07) is 21.3. The Bertz CT molecular complexity index is 934. The van der Waals surface area contributed by atoms with Gasteiger partial charge in [-0.05, 0) is 49.2 Å². The van der Waals surface area contributed by atoms with Crippen LogP contribution >= 0.6 is 11.6 Å². The van der Waals surface area contributed by atoms with Gasteiger partial charge in [-0.15, -0.1) is 0 Å². The van der Waals surface area contributed by atoms with E-state index in [0.29, 0.717) is 5.02 Å². The average Bonchev–Trinajstić information content (AvgIpc) is 2.62. The molecule has 0 heterocycles. The maximum absolute atomic E-state index is 12.9. The SMILES string of the molecule is Cc1ccc([C@@H](NS(=O)(=O)c2ccc(C)cc2)c2ccc(Cl)cc2)cc1. The van der Waals surface area contributed by atoms with Crippen LogP contribution in [0.1, 0.15) is 28.3 Å². The lowest BCUT2D eigenvalue weighted by molar-refractivity contribution is 0.572. The molecule has 0 bridgehead atoms. The molecule has 3 nitrogen and oxygen atoms in total. The Morgan fingerprint density at radius 1 is 0.731 bits per heavy atom. The number of sulfonamides is 1. The lowest BCUT2D eigenvalue weighted by Gasteiger charge is -2.20. The minimum Gasteiger partial charge on any atom is -0.207 e. The Kier molecular flexibility index (Phi) is 5.47. The zero-order valence-electron chi connectivity index (χ0n) is 14.6. The molecule has 0 radical (unpaired) electrons. The number of rotatable bonds is 5. The van der Waals surface area contributed by atoms with Crippen LogP contribution in [0.15, 0.2) is 77.7 Å². The molecule has 3 rings (SSSR count). The number of hydrogen-bond donors (Lipinski definition) is 1. The molecule has 0 unspecified atom stereocenters. The third-order valence-corrected chi connectivity index (χ3v) is 5.91. The van der Waals surface area contributed by atoms with Crippen molar-refractivity contribution in [3.8, 4) is 0 Å². The van der Waals surface area contributed by atoms with Crippen LogP contribution in [0.2, 0.25) is 5.02 Å². The lowest BCUT2D eigenvalue weighted by Crippen LogP contribution is -2.29. The van der Waals surface area contributed by atoms with Gasteiger partial charge in [-0.1, -0.05) is 71.3 Å². The van der Waals surface area contributed by atoms with Crippen LogP contribution in [-0.2, 0) is 10.0 Å². The normalized spacial score (nSPS) is 12.7. The van der Waals surface area contributed by atoms with E-state index in [0.717, 1.165) is 22.3 Å². The van der Waals surface area contributed by atoms with Gasteiger partial charge in [0, 0.05) is 5.02 Å². The summed E-state index contributed by atoms with van der Waals surface area (Å²) in [7, 11) is -3.68. The highest BCUT2D eigenvalue weighted by Crippen LogP contribution is 2.26. The van der Waals surface area contributed by atoms with Crippen molar-refractivity contribution < 1.29 is 8.42 Å². The largest absolute Gasteiger partial charge is 0.241 e. The molecule has 0 aliphatic carbocycles. The van der Waals surface area contributed by atoms with Crippen molar-refractivity contribution in [2.24, 2.45) is 0 Å². The van der Waals surface area contributed by atoms with Gasteiger partial charge in [0.1, 0.15) is 0 Å². The predicted molar refractivity (Wildman–Crippen MR) is 106 cm³/mol. The van der Waals surface area contributed by atoms with E-state index in [1.54, 1.807) is 36.4 Å². The molecule has 1 atom stereocenters. The number of nitrogens with one attached hydrogen (secondary N) is 1. The van der Waals surface area contributed by atoms with Gasteiger partial charge in [0.15, 0.2) is 0 Å². The average molecular weight is 386 g/mol. The van der Waals surface area contributed by atoms with Gasteiger partial charge in [0.05, 0.1) is 10.9 Å². The number of hydrogen-bond acceptors (Lipinski definition) is 2. The summed E-state index contributed by atoms with van der Waals surface area (Å²) >= 11 is 5.99. The summed E-state index contributed by atoms with van der Waals surface area (Å²) in [6.07, 6.45) is 0. The summed E-state index contributed by atoms with van der Waals surface area (Å²) in [5.41, 5.74) is 3.82. The molecule has 0 saturated heterocycles. The maximum atomic E-state index is 12.9. The van der Waals surface area contributed by atoms with Gasteiger partial charge in [-0.25, -0.2) is 8.42 Å². The fourth-order valence-electron chi connectivity index (χ4n) is 2.68. The van der Waals surface area contributed by atoms with Crippen LogP contribution in [0.5, 0.6) is 0 Å². The van der Waals surface area contributed by atoms with Crippen molar-refractivity contribution in [1.29, 1.82) is 0 Å². The lowest BCUT2D eigenvalue weighted by atomic mass is 9.99. The first-order chi connectivity index (χ1) is 12.3. The van der Waals surface area contributed by atoms with Crippen LogP contribution in [-0.4, -0.2) is 8.42 Å². The molecule has 0 saturated carbocycles. The number of benzene rings is 3. The molecule has 0 aliphatic heterocycles. The van der Waals surface area contributed by atoms with E-state index >= 15 is 0 Å². The van der Waals surface area contributed by atoms with Gasteiger partial charge in [-0.2, -0.15) is 4.72 Å². The summed E-state index contributed by atoms with van der Waals surface area (Å²) in [4.78, 5) is 0.245. The van der Waals surface area contributed by atoms with Crippen molar-refractivity contribution in [1.82, 2.24) is 4.72 Å². The Balaban J connectivity index is 2.01. The van der Waals surface area contributed by atoms with E-state index in [2.05, 4.69) is 4.72 Å². The molecule has 0 fully saturated rings. The van der Waals surface area contributed by atoms with E-state index in [-0.39, 0.29) is 4.90 Å². The van der Waals surface area contributed by atoms with Gasteiger partial charge < -0.3 is 0 Å². The smallest absolute Gasteiger partial charge is 0.207 e. The summed E-state index contributed by atoms with van der Waals surface area (Å²) in [5.74, 6) is 0. The third-order valence-electron chi connectivity index (χ3n) is 4.22. The summed E-state index contributed by atoms with van der Waals surface area (Å²) in [5, 5.41) is 0.609. The minimum absolute atomic E-state index is 0.245. The molecule has 0 amide bonds. The number of halogens is 1. The minimum atomic E-state index is -3.68. The van der Waals surface area contributed by atoms with Crippen LogP contribution in [0.3, 0.4) is 0 Å². The van der Waals surface area contributed by atoms with Crippen molar-refractivity contribution in [3.05, 3.63) is 100 Å². The highest BCUT2D eigenvalue weighted by atomic mass is 35.5. The fourth-order valence-corrected chi connectivity index (χ4v) is 4.02. The highest BCUT2D eigenvalue weighted by molar-refractivity contribution is 7.89. The molecule has 3 aromatic carbocycles. The van der Waals surface area contributed by atoms with Gasteiger partial charge >= 0.3 is 0 Å². The molecule has 26 heavy (non-hydrogen) atoms. The monoisotopic (exact) mass is 385 g/mol. The van der Waals surface area contributed by atoms with Crippen molar-refractivity contribution in [2.45, 2.75) is 24.8 Å². The molecule has 134 valence electrons. The van der Waals surface area contributed by atoms with Crippen LogP contribution in [0, 0.1) is 13.8 Å². The topological polar surface area (TPSA) is 46.2 Å². The first-order valence-electron chi connectivity index (χ1n) is 8.26. The zero-order chi connectivity index (χ0) is 18.7. The first kappa shape index (κ1) is 18.6. The number of aryl methyl sites for hydroxylation is 2. The van der Waals surface area contributed by atoms with Crippen molar-refractivity contribution in [3.63, 3.8) is 0 Å². The molecule has 1 N–H and O–H groups in total. The van der Waals surface area contributed by atoms with Crippen LogP contribution in [0.4, 0.5) is 0 Å². The fraction of sp³-hybridized carbons (Fsp3) is 0.143. The maximum Gasteiger partial charge on any atom is 0.241 e. The Morgan fingerprint density at radius 2 is 1.15 bits per heavy atom. The molecule has 0 spiro atoms. The van der Waals surface area contributed by atoms with E-state index < -0.39 is 16.1 Å². The van der Waals surface area contributed by atoms with Crippen LogP contribution in [0.25, 0.3) is 0 Å². The predicted octanol–water partition coefficient (Wildman–Crippen LogP) is 5.02. The van der Waals surface area contributed by atoms with E-state index in [4.69, 9.17) is 11.6 Å². The molecule has 0 aromatic heterocycles. The third kappa shape index (κ3) is 4.33. The molecule has 3 aromatic rings. The summed E-state index contributed by atoms with van der Waals surface area (Å²) in [6.45, 7) is 3.92. The first-order valence-corrected chi connectivity index (χ1v) is 10.1. The van der Waals surface area contributed by atoms with Gasteiger partial charge in [0.2, 0.25) is 10.0 Å². The standard InChI is InChI=1S/C21H20ClNO2S/c1-15-3-7-17(8-4-15)21(18-9-11-19(22)12-10-18)23-26(24,25)20-13-5-16(2)6-14-20/h3-14,21,23H,1-2H3/t21-/m1/s1. The van der Waals surface area contributed by atoms with Crippen molar-refractivity contribution in [2.75, 3.05) is 0 Å². The van der Waals surface area contributed by atoms with E-state index in [9.17, 15) is 8.42 Å². The second-order valence-electron chi connectivity index (χ2n) is 6.33. The van der Waals surface area contributed by atoms with E-state index in [1.807, 2.05) is 50.2 Å². The molecular formula is C21H20ClNO2S. The molecule has 0 aliphatic rings. The van der Waals surface area contributed by atoms with Gasteiger partial charge in [0.25, 0.3) is 0 Å². The highest BCUT2D eigenvalue weighted by Gasteiger charge is 2.23. The summed E-state index contributed by atoms with van der Waals surface area (Å²) < 4.78 is 28.6.